The molecule has 0 spiro atoms. The number of amides is 2. The summed E-state index contributed by atoms with van der Waals surface area (Å²) in [5.74, 6) is 0.435. The summed E-state index contributed by atoms with van der Waals surface area (Å²) in [4.78, 5) is 26.3. The second-order valence-corrected chi connectivity index (χ2v) is 6.61. The summed E-state index contributed by atoms with van der Waals surface area (Å²) in [6.45, 7) is 2.58. The topological polar surface area (TPSA) is 66.4 Å². The molecular weight excluding hydrogens is 292 g/mol. The summed E-state index contributed by atoms with van der Waals surface area (Å²) < 4.78 is 2.15. The average Bonchev–Trinajstić information content (AvgIpc) is 3.14. The zero-order valence-electron chi connectivity index (χ0n) is 13.7. The van der Waals surface area contributed by atoms with E-state index in [1.165, 1.54) is 0 Å². The fraction of sp³-hybridized carbons (Fsp3) is 0.647. The van der Waals surface area contributed by atoms with Crippen molar-refractivity contribution in [3.63, 3.8) is 0 Å². The van der Waals surface area contributed by atoms with Gasteiger partial charge in [0.25, 0.3) is 0 Å². The SMILES string of the molecule is CNC(=O)[C@@H]1C[C@@H](NC(=O)C2CC2)CN1CCCn1cccc1. The van der Waals surface area contributed by atoms with Crippen molar-refractivity contribution in [1.29, 1.82) is 0 Å². The van der Waals surface area contributed by atoms with Crippen LogP contribution >= 0.6 is 0 Å². The normalized spacial score (nSPS) is 24.6. The van der Waals surface area contributed by atoms with Crippen molar-refractivity contribution in [3.05, 3.63) is 24.5 Å². The van der Waals surface area contributed by atoms with E-state index in [9.17, 15) is 9.59 Å². The van der Waals surface area contributed by atoms with Crippen molar-refractivity contribution >= 4 is 11.8 Å². The van der Waals surface area contributed by atoms with Crippen LogP contribution < -0.4 is 10.6 Å². The van der Waals surface area contributed by atoms with Gasteiger partial charge >= 0.3 is 0 Å². The lowest BCUT2D eigenvalue weighted by Gasteiger charge is -2.22. The molecule has 2 N–H and O–H groups in total. The highest BCUT2D eigenvalue weighted by Crippen LogP contribution is 2.29. The maximum absolute atomic E-state index is 12.1. The number of likely N-dealkylation sites (N-methyl/N-ethyl adjacent to an activating group) is 1. The highest BCUT2D eigenvalue weighted by atomic mass is 16.2. The van der Waals surface area contributed by atoms with Gasteiger partial charge < -0.3 is 15.2 Å². The average molecular weight is 318 g/mol. The Bertz CT molecular complexity index is 539. The van der Waals surface area contributed by atoms with E-state index >= 15 is 0 Å². The van der Waals surface area contributed by atoms with Gasteiger partial charge in [-0.05, 0) is 37.8 Å². The first-order valence-corrected chi connectivity index (χ1v) is 8.54. The molecule has 2 heterocycles. The van der Waals surface area contributed by atoms with Gasteiger partial charge in [0, 0.05) is 51.0 Å². The van der Waals surface area contributed by atoms with Gasteiger partial charge in [-0.25, -0.2) is 0 Å². The molecule has 2 aliphatic rings. The van der Waals surface area contributed by atoms with Crippen LogP contribution in [0, 0.1) is 5.92 Å². The van der Waals surface area contributed by atoms with Crippen LogP contribution in [-0.2, 0) is 16.1 Å². The molecule has 6 heteroatoms. The van der Waals surface area contributed by atoms with E-state index in [2.05, 4.69) is 32.5 Å². The lowest BCUT2D eigenvalue weighted by atomic mass is 10.1. The number of hydrogen-bond donors (Lipinski definition) is 2. The predicted octanol–water partition coefficient (Wildman–Crippen LogP) is 0.593. The molecule has 3 rings (SSSR count). The summed E-state index contributed by atoms with van der Waals surface area (Å²) in [6.07, 6.45) is 7.83. The number of nitrogens with zero attached hydrogens (tertiary/aromatic N) is 2. The quantitative estimate of drug-likeness (QED) is 0.773. The van der Waals surface area contributed by atoms with Gasteiger partial charge in [0.2, 0.25) is 11.8 Å². The molecule has 0 radical (unpaired) electrons. The van der Waals surface area contributed by atoms with E-state index in [1.807, 2.05) is 12.1 Å². The third kappa shape index (κ3) is 4.13. The van der Waals surface area contributed by atoms with Crippen LogP contribution in [0.25, 0.3) is 0 Å². The summed E-state index contributed by atoms with van der Waals surface area (Å²) in [6, 6.07) is 4.00. The first kappa shape index (κ1) is 16.1. The molecule has 126 valence electrons. The summed E-state index contributed by atoms with van der Waals surface area (Å²) in [5.41, 5.74) is 0. The van der Waals surface area contributed by atoms with E-state index in [0.717, 1.165) is 38.9 Å². The third-order valence-corrected chi connectivity index (χ3v) is 4.77. The maximum Gasteiger partial charge on any atom is 0.237 e. The Morgan fingerprint density at radius 2 is 1.87 bits per heavy atom. The monoisotopic (exact) mass is 318 g/mol. The predicted molar refractivity (Wildman–Crippen MR) is 87.7 cm³/mol. The van der Waals surface area contributed by atoms with Crippen LogP contribution in [0.4, 0.5) is 0 Å². The number of aryl methyl sites for hydroxylation is 1. The number of carbonyl (C=O) groups excluding carboxylic acids is 2. The largest absolute Gasteiger partial charge is 0.358 e. The van der Waals surface area contributed by atoms with Crippen LogP contribution in [0.3, 0.4) is 0 Å². The molecule has 1 aromatic heterocycles. The number of rotatable bonds is 7. The molecule has 1 saturated carbocycles. The first-order valence-electron chi connectivity index (χ1n) is 8.54. The van der Waals surface area contributed by atoms with E-state index in [4.69, 9.17) is 0 Å². The highest BCUT2D eigenvalue weighted by Gasteiger charge is 2.38. The molecule has 2 amide bonds. The molecule has 6 nitrogen and oxygen atoms in total. The second-order valence-electron chi connectivity index (χ2n) is 6.61. The number of carbonyl (C=O) groups is 2. The lowest BCUT2D eigenvalue weighted by molar-refractivity contribution is -0.125. The number of likely N-dealkylation sites (tertiary alicyclic amines) is 1. The van der Waals surface area contributed by atoms with Crippen LogP contribution in [0.2, 0.25) is 0 Å². The molecule has 2 fully saturated rings. The van der Waals surface area contributed by atoms with E-state index in [1.54, 1.807) is 7.05 Å². The fourth-order valence-electron chi connectivity index (χ4n) is 3.33. The molecule has 23 heavy (non-hydrogen) atoms. The van der Waals surface area contributed by atoms with Crippen molar-refractivity contribution in [3.8, 4) is 0 Å². The van der Waals surface area contributed by atoms with E-state index in [-0.39, 0.29) is 29.8 Å². The molecule has 2 atom stereocenters. The number of nitrogens with one attached hydrogen (secondary N) is 2. The number of hydrogen-bond acceptors (Lipinski definition) is 3. The van der Waals surface area contributed by atoms with Gasteiger partial charge in [0.05, 0.1) is 6.04 Å². The van der Waals surface area contributed by atoms with E-state index < -0.39 is 0 Å². The Hall–Kier alpha value is -1.82. The minimum absolute atomic E-state index is 0.0501. The van der Waals surface area contributed by atoms with Crippen molar-refractivity contribution in [1.82, 2.24) is 20.1 Å². The summed E-state index contributed by atoms with van der Waals surface area (Å²) in [7, 11) is 1.68. The van der Waals surface area contributed by atoms with Crippen molar-refractivity contribution in [2.75, 3.05) is 20.1 Å². The zero-order valence-corrected chi connectivity index (χ0v) is 13.7. The minimum Gasteiger partial charge on any atom is -0.358 e. The van der Waals surface area contributed by atoms with Crippen molar-refractivity contribution < 1.29 is 9.59 Å². The van der Waals surface area contributed by atoms with Crippen molar-refractivity contribution in [2.45, 2.75) is 44.3 Å². The Kier molecular flexibility index (Phi) is 5.00. The lowest BCUT2D eigenvalue weighted by Crippen LogP contribution is -2.42. The second kappa shape index (κ2) is 7.17. The molecule has 1 aromatic rings. The van der Waals surface area contributed by atoms with Gasteiger partial charge in [-0.15, -0.1) is 0 Å². The van der Waals surface area contributed by atoms with Gasteiger partial charge in [-0.1, -0.05) is 0 Å². The first-order chi connectivity index (χ1) is 11.2. The highest BCUT2D eigenvalue weighted by molar-refractivity contribution is 5.83. The molecular formula is C17H26N4O2. The minimum atomic E-state index is -0.130. The molecule has 0 bridgehead atoms. The Balaban J connectivity index is 1.52. The summed E-state index contributed by atoms with van der Waals surface area (Å²) >= 11 is 0. The smallest absolute Gasteiger partial charge is 0.237 e. The Labute approximate surface area is 137 Å². The fourth-order valence-corrected chi connectivity index (χ4v) is 3.33. The molecule has 0 aromatic carbocycles. The Morgan fingerprint density at radius 3 is 2.52 bits per heavy atom. The van der Waals surface area contributed by atoms with Crippen molar-refractivity contribution in [2.24, 2.45) is 5.92 Å². The maximum atomic E-state index is 12.1. The molecule has 1 saturated heterocycles. The molecule has 1 aliphatic heterocycles. The van der Waals surface area contributed by atoms with Gasteiger partial charge in [-0.2, -0.15) is 0 Å². The van der Waals surface area contributed by atoms with Gasteiger partial charge in [-0.3, -0.25) is 14.5 Å². The summed E-state index contributed by atoms with van der Waals surface area (Å²) in [5, 5.41) is 5.87. The van der Waals surface area contributed by atoms with Crippen LogP contribution in [0.5, 0.6) is 0 Å². The van der Waals surface area contributed by atoms with Gasteiger partial charge in [0.15, 0.2) is 0 Å². The van der Waals surface area contributed by atoms with E-state index in [0.29, 0.717) is 6.42 Å². The molecule has 0 unspecified atom stereocenters. The third-order valence-electron chi connectivity index (χ3n) is 4.77. The van der Waals surface area contributed by atoms with Crippen LogP contribution in [0.15, 0.2) is 24.5 Å². The molecule has 1 aliphatic carbocycles. The Morgan fingerprint density at radius 1 is 1.13 bits per heavy atom. The van der Waals surface area contributed by atoms with Crippen LogP contribution in [0.1, 0.15) is 25.7 Å². The van der Waals surface area contributed by atoms with Gasteiger partial charge in [0.1, 0.15) is 0 Å². The number of aromatic nitrogens is 1. The standard InChI is InChI=1S/C17H26N4O2/c1-18-17(23)15-11-14(19-16(22)13-5-6-13)12-21(15)10-4-9-20-7-2-3-8-20/h2-3,7-8,13-15H,4-6,9-12H2,1H3,(H,18,23)(H,19,22)/t14-,15+/m1/s1. The van der Waals surface area contributed by atoms with Crippen LogP contribution in [-0.4, -0.2) is 53.5 Å². The zero-order chi connectivity index (χ0) is 16.2.